The lowest BCUT2D eigenvalue weighted by Crippen LogP contribution is -2.20. The Kier molecular flexibility index (Phi) is 4.69. The number of hydrogen-bond acceptors (Lipinski definition) is 4. The van der Waals surface area contributed by atoms with E-state index in [9.17, 15) is 14.7 Å². The minimum absolute atomic E-state index is 0.0663. The minimum Gasteiger partial charge on any atom is -0.504 e. The molecule has 0 aliphatic heterocycles. The molecule has 0 fully saturated rings. The molecule has 1 aromatic carbocycles. The molecular formula is C14H15ClN2O3S. The molecule has 5 nitrogen and oxygen atoms in total. The van der Waals surface area contributed by atoms with Crippen molar-refractivity contribution in [3.63, 3.8) is 0 Å². The fourth-order valence-corrected chi connectivity index (χ4v) is 2.92. The minimum atomic E-state index is -0.289. The molecule has 0 saturated carbocycles. The van der Waals surface area contributed by atoms with Gasteiger partial charge in [-0.3, -0.25) is 9.59 Å². The van der Waals surface area contributed by atoms with Crippen molar-refractivity contribution < 1.29 is 9.90 Å². The molecule has 0 spiro atoms. The van der Waals surface area contributed by atoms with Crippen molar-refractivity contribution in [2.24, 2.45) is 0 Å². The lowest BCUT2D eigenvalue weighted by Gasteiger charge is -2.09. The van der Waals surface area contributed by atoms with Crippen LogP contribution in [0, 0.1) is 13.8 Å². The molecule has 0 bridgehead atoms. The van der Waals surface area contributed by atoms with Crippen molar-refractivity contribution in [1.29, 1.82) is 0 Å². The van der Waals surface area contributed by atoms with E-state index in [0.29, 0.717) is 6.54 Å². The quantitative estimate of drug-likeness (QED) is 0.849. The maximum Gasteiger partial charge on any atom is 0.307 e. The van der Waals surface area contributed by atoms with Gasteiger partial charge in [0, 0.05) is 23.5 Å². The van der Waals surface area contributed by atoms with Gasteiger partial charge in [-0.1, -0.05) is 29.0 Å². The Labute approximate surface area is 130 Å². The number of thiazole rings is 1. The third-order valence-electron chi connectivity index (χ3n) is 3.20. The van der Waals surface area contributed by atoms with Crippen molar-refractivity contribution >= 4 is 34.5 Å². The first-order valence-electron chi connectivity index (χ1n) is 6.34. The second-order valence-corrected chi connectivity index (χ2v) is 6.17. The van der Waals surface area contributed by atoms with Gasteiger partial charge in [0.1, 0.15) is 0 Å². The van der Waals surface area contributed by atoms with Gasteiger partial charge < -0.3 is 15.0 Å². The summed E-state index contributed by atoms with van der Waals surface area (Å²) in [6.45, 7) is 4.04. The number of nitrogens with one attached hydrogen (secondary N) is 1. The van der Waals surface area contributed by atoms with E-state index in [1.807, 2.05) is 13.8 Å². The van der Waals surface area contributed by atoms with Crippen LogP contribution >= 0.6 is 22.9 Å². The highest BCUT2D eigenvalue weighted by atomic mass is 35.5. The SMILES string of the molecule is Cc1sc(=O)n(CCC(=O)Nc2cccc(Cl)c2O)c1C. The number of carbonyl (C=O) groups is 1. The van der Waals surface area contributed by atoms with Crippen LogP contribution in [0.3, 0.4) is 0 Å². The van der Waals surface area contributed by atoms with E-state index in [-0.39, 0.29) is 33.7 Å². The van der Waals surface area contributed by atoms with E-state index in [4.69, 9.17) is 11.6 Å². The van der Waals surface area contributed by atoms with Crippen LogP contribution in [0.2, 0.25) is 5.02 Å². The number of carbonyl (C=O) groups excluding carboxylic acids is 1. The van der Waals surface area contributed by atoms with Crippen LogP contribution < -0.4 is 10.2 Å². The number of aromatic nitrogens is 1. The lowest BCUT2D eigenvalue weighted by molar-refractivity contribution is -0.116. The number of amides is 1. The molecule has 0 unspecified atom stereocenters. The number of anilines is 1. The Morgan fingerprint density at radius 2 is 2.14 bits per heavy atom. The summed E-state index contributed by atoms with van der Waals surface area (Å²) in [4.78, 5) is 24.5. The maximum atomic E-state index is 11.9. The molecule has 1 aromatic heterocycles. The van der Waals surface area contributed by atoms with E-state index in [1.165, 1.54) is 17.4 Å². The number of aromatic hydroxyl groups is 1. The van der Waals surface area contributed by atoms with Gasteiger partial charge in [-0.2, -0.15) is 0 Å². The van der Waals surface area contributed by atoms with Crippen molar-refractivity contribution in [3.8, 4) is 5.75 Å². The molecule has 0 radical (unpaired) electrons. The Morgan fingerprint density at radius 1 is 1.43 bits per heavy atom. The molecular weight excluding hydrogens is 312 g/mol. The van der Waals surface area contributed by atoms with Gasteiger partial charge in [-0.15, -0.1) is 0 Å². The number of phenols is 1. The molecule has 2 rings (SSSR count). The van der Waals surface area contributed by atoms with Gasteiger partial charge in [0.05, 0.1) is 10.7 Å². The van der Waals surface area contributed by atoms with Crippen LogP contribution in [-0.2, 0) is 11.3 Å². The zero-order valence-corrected chi connectivity index (χ0v) is 13.2. The highest BCUT2D eigenvalue weighted by Crippen LogP contribution is 2.31. The molecule has 0 saturated heterocycles. The van der Waals surface area contributed by atoms with Gasteiger partial charge in [0.2, 0.25) is 5.91 Å². The molecule has 112 valence electrons. The van der Waals surface area contributed by atoms with Crippen molar-refractivity contribution in [1.82, 2.24) is 4.57 Å². The van der Waals surface area contributed by atoms with Gasteiger partial charge in [0.25, 0.3) is 0 Å². The number of rotatable bonds is 4. The summed E-state index contributed by atoms with van der Waals surface area (Å²) in [5.41, 5.74) is 1.14. The van der Waals surface area contributed by atoms with Crippen LogP contribution in [0.1, 0.15) is 17.0 Å². The molecule has 2 N–H and O–H groups in total. The molecule has 0 atom stereocenters. The summed E-state index contributed by atoms with van der Waals surface area (Å²) >= 11 is 6.94. The van der Waals surface area contributed by atoms with Crippen LogP contribution in [0.5, 0.6) is 5.75 Å². The van der Waals surface area contributed by atoms with Gasteiger partial charge >= 0.3 is 4.87 Å². The fourth-order valence-electron chi connectivity index (χ4n) is 1.89. The largest absolute Gasteiger partial charge is 0.504 e. The Balaban J connectivity index is 2.03. The lowest BCUT2D eigenvalue weighted by atomic mass is 10.2. The topological polar surface area (TPSA) is 71.3 Å². The summed E-state index contributed by atoms with van der Waals surface area (Å²) in [6.07, 6.45) is 0.142. The Morgan fingerprint density at radius 3 is 2.76 bits per heavy atom. The second-order valence-electron chi connectivity index (χ2n) is 4.60. The first kappa shape index (κ1) is 15.6. The predicted molar refractivity (Wildman–Crippen MR) is 84.4 cm³/mol. The Bertz CT molecular complexity index is 736. The molecule has 1 heterocycles. The first-order valence-corrected chi connectivity index (χ1v) is 7.53. The Hall–Kier alpha value is -1.79. The van der Waals surface area contributed by atoms with Gasteiger partial charge in [-0.05, 0) is 26.0 Å². The zero-order chi connectivity index (χ0) is 15.6. The van der Waals surface area contributed by atoms with Gasteiger partial charge in [0.15, 0.2) is 5.75 Å². The third-order valence-corrected chi connectivity index (χ3v) is 4.50. The number of hydrogen-bond donors (Lipinski definition) is 2. The number of benzene rings is 1. The second kappa shape index (κ2) is 6.32. The highest BCUT2D eigenvalue weighted by Gasteiger charge is 2.11. The maximum absolute atomic E-state index is 11.9. The fraction of sp³-hybridized carbons (Fsp3) is 0.286. The normalized spacial score (nSPS) is 10.6. The molecule has 7 heteroatoms. The third kappa shape index (κ3) is 3.46. The smallest absolute Gasteiger partial charge is 0.307 e. The number of aryl methyl sites for hydroxylation is 1. The molecule has 0 aliphatic carbocycles. The highest BCUT2D eigenvalue weighted by molar-refractivity contribution is 7.09. The summed E-state index contributed by atoms with van der Waals surface area (Å²) in [7, 11) is 0. The monoisotopic (exact) mass is 326 g/mol. The number of halogens is 1. The molecule has 1 amide bonds. The standard InChI is InChI=1S/C14H15ClN2O3S/c1-8-9(2)21-14(20)17(8)7-6-12(18)16-11-5-3-4-10(15)13(11)19/h3-5,19H,6-7H2,1-2H3,(H,16,18). The van der Waals surface area contributed by atoms with Gasteiger partial charge in [-0.25, -0.2) is 0 Å². The van der Waals surface area contributed by atoms with Crippen LogP contribution in [0.15, 0.2) is 23.0 Å². The van der Waals surface area contributed by atoms with E-state index >= 15 is 0 Å². The van der Waals surface area contributed by atoms with E-state index < -0.39 is 0 Å². The first-order chi connectivity index (χ1) is 9.90. The summed E-state index contributed by atoms with van der Waals surface area (Å²) in [6, 6.07) is 4.73. The molecule has 0 aliphatic rings. The van der Waals surface area contributed by atoms with E-state index in [0.717, 1.165) is 10.6 Å². The van der Waals surface area contributed by atoms with Crippen molar-refractivity contribution in [2.45, 2.75) is 26.8 Å². The predicted octanol–water partition coefficient (Wildman–Crippen LogP) is 2.91. The summed E-state index contributed by atoms with van der Waals surface area (Å²) in [5.74, 6) is -0.449. The molecule has 21 heavy (non-hydrogen) atoms. The van der Waals surface area contributed by atoms with E-state index in [2.05, 4.69) is 5.32 Å². The van der Waals surface area contributed by atoms with Crippen LogP contribution in [0.25, 0.3) is 0 Å². The summed E-state index contributed by atoms with van der Waals surface area (Å²) in [5, 5.41) is 12.5. The average molecular weight is 327 g/mol. The number of para-hydroxylation sites is 1. The molecule has 2 aromatic rings. The number of nitrogens with zero attached hydrogens (tertiary/aromatic N) is 1. The average Bonchev–Trinajstić information content (AvgIpc) is 2.67. The summed E-state index contributed by atoms with van der Waals surface area (Å²) < 4.78 is 1.58. The van der Waals surface area contributed by atoms with Crippen LogP contribution in [0.4, 0.5) is 5.69 Å². The van der Waals surface area contributed by atoms with Crippen LogP contribution in [-0.4, -0.2) is 15.6 Å². The van der Waals surface area contributed by atoms with Crippen molar-refractivity contribution in [3.05, 3.63) is 43.5 Å². The van der Waals surface area contributed by atoms with Crippen molar-refractivity contribution in [2.75, 3.05) is 5.32 Å². The van der Waals surface area contributed by atoms with E-state index in [1.54, 1.807) is 16.7 Å². The zero-order valence-electron chi connectivity index (χ0n) is 11.6. The number of phenolic OH excluding ortho intramolecular Hbond substituents is 1.